The van der Waals surface area contributed by atoms with Crippen molar-refractivity contribution in [1.82, 2.24) is 0 Å². The first-order valence-electron chi connectivity index (χ1n) is 4.65. The molecule has 0 aromatic rings. The monoisotopic (exact) mass is 178 g/mol. The molecule has 0 atom stereocenters. The Morgan fingerprint density at radius 1 is 0.909 bits per heavy atom. The van der Waals surface area contributed by atoms with Crippen LogP contribution in [-0.4, -0.2) is 5.75 Å². The highest BCUT2D eigenvalue weighted by molar-refractivity contribution is 7.94. The van der Waals surface area contributed by atoms with E-state index in [1.54, 1.807) is 0 Å². The van der Waals surface area contributed by atoms with Crippen LogP contribution in [-0.2, 0) is 0 Å². The standard InChI is InChI=1S/C9H19FS/c1-2-3-4-5-6-7-8-9-11-10/h2-9H2,1H3. The quantitative estimate of drug-likeness (QED) is 0.498. The van der Waals surface area contributed by atoms with Gasteiger partial charge in [-0.25, -0.2) is 0 Å². The number of halogens is 1. The summed E-state index contributed by atoms with van der Waals surface area (Å²) < 4.78 is 11.5. The number of hydrogen-bond donors (Lipinski definition) is 0. The van der Waals surface area contributed by atoms with Crippen LogP contribution in [0.5, 0.6) is 0 Å². The van der Waals surface area contributed by atoms with Gasteiger partial charge in [-0.1, -0.05) is 45.4 Å². The summed E-state index contributed by atoms with van der Waals surface area (Å²) in [5, 5.41) is 0. The van der Waals surface area contributed by atoms with Gasteiger partial charge in [0.2, 0.25) is 0 Å². The topological polar surface area (TPSA) is 0 Å². The Balaban J connectivity index is 2.69. The Hall–Kier alpha value is 0.280. The van der Waals surface area contributed by atoms with Gasteiger partial charge in [0, 0.05) is 17.9 Å². The lowest BCUT2D eigenvalue weighted by molar-refractivity contribution is 0.603. The van der Waals surface area contributed by atoms with Crippen molar-refractivity contribution in [2.75, 3.05) is 5.75 Å². The Bertz CT molecular complexity index is 58.6. The largest absolute Gasteiger partial charge is 0.165 e. The van der Waals surface area contributed by atoms with Gasteiger partial charge in [0.25, 0.3) is 0 Å². The van der Waals surface area contributed by atoms with Gasteiger partial charge in [0.05, 0.1) is 0 Å². The van der Waals surface area contributed by atoms with Crippen molar-refractivity contribution in [1.29, 1.82) is 0 Å². The second-order valence-corrected chi connectivity index (χ2v) is 3.56. The van der Waals surface area contributed by atoms with Gasteiger partial charge in [0.1, 0.15) is 0 Å². The summed E-state index contributed by atoms with van der Waals surface area (Å²) >= 11 is 0.470. The summed E-state index contributed by atoms with van der Waals surface area (Å²) in [6.07, 6.45) is 8.91. The Kier molecular flexibility index (Phi) is 10.5. The molecule has 0 fully saturated rings. The first-order chi connectivity index (χ1) is 5.41. The lowest BCUT2D eigenvalue weighted by Gasteiger charge is -1.98. The molecule has 0 saturated carbocycles. The van der Waals surface area contributed by atoms with Crippen molar-refractivity contribution >= 4 is 12.1 Å². The average molecular weight is 178 g/mol. The van der Waals surface area contributed by atoms with Crippen LogP contribution in [0.25, 0.3) is 0 Å². The molecule has 0 aliphatic rings. The predicted octanol–water partition coefficient (Wildman–Crippen LogP) is 4.35. The third-order valence-corrected chi connectivity index (χ3v) is 2.27. The molecule has 0 radical (unpaired) electrons. The molecule has 0 bridgehead atoms. The molecule has 0 saturated heterocycles. The molecule has 11 heavy (non-hydrogen) atoms. The van der Waals surface area contributed by atoms with Crippen LogP contribution in [0, 0.1) is 0 Å². The van der Waals surface area contributed by atoms with Crippen molar-refractivity contribution < 1.29 is 3.89 Å². The van der Waals surface area contributed by atoms with Crippen LogP contribution in [0.2, 0.25) is 0 Å². The number of rotatable bonds is 8. The third kappa shape index (κ3) is 10.3. The molecule has 0 rings (SSSR count). The summed E-state index contributed by atoms with van der Waals surface area (Å²) in [6.45, 7) is 2.22. The summed E-state index contributed by atoms with van der Waals surface area (Å²) in [4.78, 5) is 0. The lowest BCUT2D eigenvalue weighted by Crippen LogP contribution is -1.80. The second-order valence-electron chi connectivity index (χ2n) is 2.93. The minimum Gasteiger partial charge on any atom is -0.165 e. The SMILES string of the molecule is CCCCCCCCCSF. The zero-order chi connectivity index (χ0) is 8.36. The fraction of sp³-hybridized carbons (Fsp3) is 1.00. The van der Waals surface area contributed by atoms with Gasteiger partial charge in [-0.3, -0.25) is 0 Å². The van der Waals surface area contributed by atoms with E-state index in [2.05, 4.69) is 6.92 Å². The first-order valence-corrected chi connectivity index (χ1v) is 5.54. The molecule has 68 valence electrons. The maximum absolute atomic E-state index is 11.5. The third-order valence-electron chi connectivity index (χ3n) is 1.83. The molecule has 0 spiro atoms. The summed E-state index contributed by atoms with van der Waals surface area (Å²) in [7, 11) is 0. The highest BCUT2D eigenvalue weighted by atomic mass is 32.2. The molecule has 0 heterocycles. The molecule has 0 aromatic carbocycles. The first kappa shape index (κ1) is 11.3. The minimum absolute atomic E-state index is 0.470. The van der Waals surface area contributed by atoms with Crippen molar-refractivity contribution in [2.24, 2.45) is 0 Å². The number of unbranched alkanes of at least 4 members (excludes halogenated alkanes) is 6. The predicted molar refractivity (Wildman–Crippen MR) is 51.6 cm³/mol. The van der Waals surface area contributed by atoms with Crippen LogP contribution in [0.4, 0.5) is 3.89 Å². The Morgan fingerprint density at radius 3 is 2.00 bits per heavy atom. The maximum atomic E-state index is 11.5. The Labute approximate surface area is 74.2 Å². The van der Waals surface area contributed by atoms with Crippen molar-refractivity contribution in [2.45, 2.75) is 51.9 Å². The van der Waals surface area contributed by atoms with Crippen molar-refractivity contribution in [3.05, 3.63) is 0 Å². The molecule has 2 heteroatoms. The molecule has 0 nitrogen and oxygen atoms in total. The van der Waals surface area contributed by atoms with Crippen LogP contribution in [0.15, 0.2) is 0 Å². The second kappa shape index (κ2) is 10.3. The van der Waals surface area contributed by atoms with Crippen LogP contribution in [0.3, 0.4) is 0 Å². The van der Waals surface area contributed by atoms with E-state index in [0.29, 0.717) is 17.9 Å². The molecular formula is C9H19FS. The van der Waals surface area contributed by atoms with E-state index in [-0.39, 0.29) is 0 Å². The lowest BCUT2D eigenvalue weighted by atomic mass is 10.1. The minimum atomic E-state index is 0.470. The molecule has 0 aromatic heterocycles. The van der Waals surface area contributed by atoms with E-state index >= 15 is 0 Å². The Morgan fingerprint density at radius 2 is 1.45 bits per heavy atom. The zero-order valence-electron chi connectivity index (χ0n) is 7.44. The van der Waals surface area contributed by atoms with E-state index in [1.165, 1.54) is 38.5 Å². The molecule has 0 aliphatic heterocycles. The number of hydrogen-bond acceptors (Lipinski definition) is 1. The maximum Gasteiger partial charge on any atom is 0.0443 e. The fourth-order valence-electron chi connectivity index (χ4n) is 1.11. The molecule has 0 N–H and O–H groups in total. The van der Waals surface area contributed by atoms with Gasteiger partial charge in [-0.05, 0) is 6.42 Å². The smallest absolute Gasteiger partial charge is 0.0443 e. The van der Waals surface area contributed by atoms with E-state index in [4.69, 9.17) is 0 Å². The summed E-state index contributed by atoms with van der Waals surface area (Å²) in [5.74, 6) is 0.688. The zero-order valence-corrected chi connectivity index (χ0v) is 8.26. The van der Waals surface area contributed by atoms with Crippen LogP contribution in [0.1, 0.15) is 51.9 Å². The summed E-state index contributed by atoms with van der Waals surface area (Å²) in [6, 6.07) is 0. The van der Waals surface area contributed by atoms with Gasteiger partial charge >= 0.3 is 0 Å². The van der Waals surface area contributed by atoms with Gasteiger partial charge in [-0.15, -0.1) is 0 Å². The highest BCUT2D eigenvalue weighted by Gasteiger charge is 1.90. The normalized spacial score (nSPS) is 10.4. The van der Waals surface area contributed by atoms with Crippen molar-refractivity contribution in [3.63, 3.8) is 0 Å². The van der Waals surface area contributed by atoms with E-state index in [1.807, 2.05) is 0 Å². The van der Waals surface area contributed by atoms with Crippen LogP contribution >= 0.6 is 12.1 Å². The van der Waals surface area contributed by atoms with Gasteiger partial charge in [0.15, 0.2) is 0 Å². The van der Waals surface area contributed by atoms with E-state index in [0.717, 1.165) is 6.42 Å². The highest BCUT2D eigenvalue weighted by Crippen LogP contribution is 2.10. The molecular weight excluding hydrogens is 159 g/mol. The van der Waals surface area contributed by atoms with Crippen molar-refractivity contribution in [3.8, 4) is 0 Å². The fourth-order valence-corrected chi connectivity index (χ4v) is 1.43. The average Bonchev–Trinajstić information content (AvgIpc) is 2.03. The molecule has 0 unspecified atom stereocenters. The van der Waals surface area contributed by atoms with Gasteiger partial charge in [-0.2, -0.15) is 3.89 Å². The molecule has 0 aliphatic carbocycles. The van der Waals surface area contributed by atoms with Gasteiger partial charge < -0.3 is 0 Å². The van der Waals surface area contributed by atoms with E-state index < -0.39 is 0 Å². The van der Waals surface area contributed by atoms with Crippen LogP contribution < -0.4 is 0 Å². The molecule has 0 amide bonds. The summed E-state index contributed by atoms with van der Waals surface area (Å²) in [5.41, 5.74) is 0. The van der Waals surface area contributed by atoms with E-state index in [9.17, 15) is 3.89 Å².